The second-order valence-corrected chi connectivity index (χ2v) is 6.29. The Kier molecular flexibility index (Phi) is 5.45. The van der Waals surface area contributed by atoms with Crippen molar-refractivity contribution < 1.29 is 9.53 Å². The molecule has 2 nitrogen and oxygen atoms in total. The number of ether oxygens (including phenoxy) is 1. The van der Waals surface area contributed by atoms with E-state index in [1.165, 1.54) is 4.90 Å². The molecule has 2 aromatic carbocycles. The molecule has 0 aliphatic rings. The molecule has 0 bridgehead atoms. The first kappa shape index (κ1) is 15.6. The summed E-state index contributed by atoms with van der Waals surface area (Å²) in [5, 5.41) is 0. The van der Waals surface area contributed by atoms with Crippen molar-refractivity contribution in [3.05, 3.63) is 59.7 Å². The molecule has 0 atom stereocenters. The summed E-state index contributed by atoms with van der Waals surface area (Å²) >= 11 is 1.77. The Balaban J connectivity index is 2.27. The van der Waals surface area contributed by atoms with Crippen LogP contribution in [0.3, 0.4) is 0 Å². The van der Waals surface area contributed by atoms with E-state index in [1.54, 1.807) is 11.8 Å². The summed E-state index contributed by atoms with van der Waals surface area (Å²) in [5.41, 5.74) is 1.30. The SMILES string of the molecule is CCSc1ccc(C(=O)c2ccccc2OC(C)C)cc1. The highest BCUT2D eigenvalue weighted by Crippen LogP contribution is 2.24. The van der Waals surface area contributed by atoms with Gasteiger partial charge in [0.05, 0.1) is 11.7 Å². The lowest BCUT2D eigenvalue weighted by Gasteiger charge is -2.13. The normalized spacial score (nSPS) is 10.7. The van der Waals surface area contributed by atoms with Crippen LogP contribution in [-0.2, 0) is 0 Å². The van der Waals surface area contributed by atoms with Crippen LogP contribution in [0.1, 0.15) is 36.7 Å². The highest BCUT2D eigenvalue weighted by Gasteiger charge is 2.15. The van der Waals surface area contributed by atoms with Gasteiger partial charge in [0.15, 0.2) is 5.78 Å². The highest BCUT2D eigenvalue weighted by molar-refractivity contribution is 7.99. The van der Waals surface area contributed by atoms with E-state index >= 15 is 0 Å². The minimum atomic E-state index is -0.000650. The Hall–Kier alpha value is -1.74. The third-order valence-electron chi connectivity index (χ3n) is 2.92. The molecule has 0 radical (unpaired) electrons. The molecule has 0 N–H and O–H groups in total. The number of rotatable bonds is 6. The van der Waals surface area contributed by atoms with Crippen molar-refractivity contribution >= 4 is 17.5 Å². The molecule has 0 fully saturated rings. The van der Waals surface area contributed by atoms with Gasteiger partial charge in [0, 0.05) is 10.5 Å². The lowest BCUT2D eigenvalue weighted by Crippen LogP contribution is -2.10. The molecule has 0 aliphatic carbocycles. The number of benzene rings is 2. The molecule has 0 unspecified atom stereocenters. The fourth-order valence-corrected chi connectivity index (χ4v) is 2.70. The number of ketones is 1. The summed E-state index contributed by atoms with van der Waals surface area (Å²) in [7, 11) is 0. The molecule has 110 valence electrons. The summed E-state index contributed by atoms with van der Waals surface area (Å²) in [6.07, 6.45) is 0.0438. The van der Waals surface area contributed by atoms with E-state index < -0.39 is 0 Å². The van der Waals surface area contributed by atoms with Gasteiger partial charge in [-0.2, -0.15) is 0 Å². The standard InChI is InChI=1S/C18H20O2S/c1-4-21-15-11-9-14(10-12-15)18(19)16-7-5-6-8-17(16)20-13(2)3/h5-13H,4H2,1-3H3. The fraction of sp³-hybridized carbons (Fsp3) is 0.278. The molecule has 2 rings (SSSR count). The first-order valence-corrected chi connectivity index (χ1v) is 8.13. The van der Waals surface area contributed by atoms with Crippen molar-refractivity contribution in [2.75, 3.05) is 5.75 Å². The zero-order valence-corrected chi connectivity index (χ0v) is 13.4. The maximum absolute atomic E-state index is 12.6. The molecule has 0 aromatic heterocycles. The first-order valence-electron chi connectivity index (χ1n) is 7.15. The molecule has 3 heteroatoms. The van der Waals surface area contributed by atoms with Gasteiger partial charge >= 0.3 is 0 Å². The average molecular weight is 300 g/mol. The number of thioether (sulfide) groups is 1. The second kappa shape index (κ2) is 7.32. The van der Waals surface area contributed by atoms with Crippen molar-refractivity contribution in [2.24, 2.45) is 0 Å². The van der Waals surface area contributed by atoms with Crippen LogP contribution < -0.4 is 4.74 Å². The van der Waals surface area contributed by atoms with Gasteiger partial charge in [0.1, 0.15) is 5.75 Å². The van der Waals surface area contributed by atoms with Crippen molar-refractivity contribution in [3.63, 3.8) is 0 Å². The van der Waals surface area contributed by atoms with Crippen LogP contribution in [0.4, 0.5) is 0 Å². The average Bonchev–Trinajstić information content (AvgIpc) is 2.48. The van der Waals surface area contributed by atoms with Crippen LogP contribution >= 0.6 is 11.8 Å². The molecule has 0 aliphatic heterocycles. The minimum absolute atomic E-state index is 0.000650. The van der Waals surface area contributed by atoms with Gasteiger partial charge < -0.3 is 4.74 Å². The van der Waals surface area contributed by atoms with E-state index in [9.17, 15) is 4.79 Å². The first-order chi connectivity index (χ1) is 10.1. The van der Waals surface area contributed by atoms with Gasteiger partial charge in [0.2, 0.25) is 0 Å². The van der Waals surface area contributed by atoms with Crippen molar-refractivity contribution in [3.8, 4) is 5.75 Å². The largest absolute Gasteiger partial charge is 0.490 e. The van der Waals surface area contributed by atoms with Crippen LogP contribution in [0, 0.1) is 0 Å². The molecular formula is C18H20O2S. The van der Waals surface area contributed by atoms with Crippen molar-refractivity contribution in [1.82, 2.24) is 0 Å². The third-order valence-corrected chi connectivity index (χ3v) is 3.82. The number of carbonyl (C=O) groups excluding carboxylic acids is 1. The topological polar surface area (TPSA) is 26.3 Å². The summed E-state index contributed by atoms with van der Waals surface area (Å²) < 4.78 is 5.73. The predicted molar refractivity (Wildman–Crippen MR) is 88.5 cm³/mol. The number of para-hydroxylation sites is 1. The molecule has 0 saturated heterocycles. The Bertz CT molecular complexity index is 603. The Morgan fingerprint density at radius 3 is 2.38 bits per heavy atom. The molecular weight excluding hydrogens is 280 g/mol. The Labute approximate surface area is 130 Å². The van der Waals surface area contributed by atoms with E-state index in [-0.39, 0.29) is 11.9 Å². The Morgan fingerprint density at radius 1 is 1.10 bits per heavy atom. The van der Waals surface area contributed by atoms with E-state index in [0.29, 0.717) is 16.9 Å². The summed E-state index contributed by atoms with van der Waals surface area (Å²) in [6.45, 7) is 6.03. The maximum atomic E-state index is 12.6. The van der Waals surface area contributed by atoms with Crippen LogP contribution in [-0.4, -0.2) is 17.6 Å². The smallest absolute Gasteiger partial charge is 0.196 e. The third kappa shape index (κ3) is 4.11. The van der Waals surface area contributed by atoms with Gasteiger partial charge in [-0.05, 0) is 56.0 Å². The number of hydrogen-bond acceptors (Lipinski definition) is 3. The van der Waals surface area contributed by atoms with E-state index in [1.807, 2.05) is 62.4 Å². The minimum Gasteiger partial charge on any atom is -0.490 e. The van der Waals surface area contributed by atoms with Crippen LogP contribution in [0.15, 0.2) is 53.4 Å². The van der Waals surface area contributed by atoms with Crippen LogP contribution in [0.2, 0.25) is 0 Å². The molecule has 0 heterocycles. The van der Waals surface area contributed by atoms with E-state index in [4.69, 9.17) is 4.74 Å². The lowest BCUT2D eigenvalue weighted by molar-refractivity contribution is 0.103. The van der Waals surface area contributed by atoms with E-state index in [0.717, 1.165) is 5.75 Å². The summed E-state index contributed by atoms with van der Waals surface area (Å²) in [4.78, 5) is 13.8. The molecule has 0 saturated carbocycles. The summed E-state index contributed by atoms with van der Waals surface area (Å²) in [5.74, 6) is 1.67. The molecule has 0 amide bonds. The monoisotopic (exact) mass is 300 g/mol. The molecule has 21 heavy (non-hydrogen) atoms. The lowest BCUT2D eigenvalue weighted by atomic mass is 10.0. The Morgan fingerprint density at radius 2 is 1.76 bits per heavy atom. The fourth-order valence-electron chi connectivity index (χ4n) is 2.04. The second-order valence-electron chi connectivity index (χ2n) is 4.95. The van der Waals surface area contributed by atoms with E-state index in [2.05, 4.69) is 6.92 Å². The zero-order valence-electron chi connectivity index (χ0n) is 12.6. The highest BCUT2D eigenvalue weighted by atomic mass is 32.2. The number of hydrogen-bond donors (Lipinski definition) is 0. The van der Waals surface area contributed by atoms with Crippen molar-refractivity contribution in [1.29, 1.82) is 0 Å². The molecule has 2 aromatic rings. The van der Waals surface area contributed by atoms with Gasteiger partial charge in [-0.1, -0.05) is 19.1 Å². The van der Waals surface area contributed by atoms with Gasteiger partial charge in [0.25, 0.3) is 0 Å². The molecule has 0 spiro atoms. The van der Waals surface area contributed by atoms with Gasteiger partial charge in [-0.25, -0.2) is 0 Å². The van der Waals surface area contributed by atoms with Crippen molar-refractivity contribution in [2.45, 2.75) is 31.8 Å². The maximum Gasteiger partial charge on any atom is 0.196 e. The van der Waals surface area contributed by atoms with Crippen LogP contribution in [0.25, 0.3) is 0 Å². The summed E-state index contributed by atoms with van der Waals surface area (Å²) in [6, 6.07) is 15.2. The van der Waals surface area contributed by atoms with Gasteiger partial charge in [-0.3, -0.25) is 4.79 Å². The zero-order chi connectivity index (χ0) is 15.2. The quantitative estimate of drug-likeness (QED) is 0.565. The number of carbonyl (C=O) groups is 1. The van der Waals surface area contributed by atoms with Gasteiger partial charge in [-0.15, -0.1) is 11.8 Å². The van der Waals surface area contributed by atoms with Crippen LogP contribution in [0.5, 0.6) is 5.75 Å². The predicted octanol–water partition coefficient (Wildman–Crippen LogP) is 4.82.